The standard InChI is InChI=1S/C41H51N7O4.C12H19NO4.C2H2/c1-24-7-18-34(47(24)3)38-42-22-32(44-38)28-12-8-26(9-13-28)27-10-14-29(15-11-27)33-23-43-39(45-33)35-6-5-19-48(35)40(49)37(46-41(50)51-4)31-20-25(2)52-36(21-31)30-16-17-30;1-16-12(15)13-10(7-14)9-4-5-17-11(6-9)8-2-3-8;1-2/h8-15,22-25,30-31,34-37H,5-7,16-21H2,1-4H3,(H,42,44)(H,43,45)(H,46,50);7-11H,2-6H2,1H3,(H,13,15);1-2H/t24-,25-,31-,34-,35-,36?,37-;9-,10+,11?;/m00./s1. The number of ether oxygens (including phenoxy) is 4. The van der Waals surface area contributed by atoms with Crippen molar-refractivity contribution in [1.82, 2.24) is 40.4 Å². The first kappa shape index (κ1) is 51.3. The van der Waals surface area contributed by atoms with Crippen molar-refractivity contribution < 1.29 is 38.1 Å². The third-order valence-electron chi connectivity index (χ3n) is 15.7. The third kappa shape index (κ3) is 12.4. The molecule has 10 rings (SSSR count). The minimum Gasteiger partial charge on any atom is -0.453 e. The second kappa shape index (κ2) is 23.5. The minimum absolute atomic E-state index is 0.0182. The number of methoxy groups -OCH3 is 2. The van der Waals surface area contributed by atoms with Crippen LogP contribution in [0.2, 0.25) is 0 Å². The molecule has 2 saturated carbocycles. The number of aldehydes is 1. The Labute approximate surface area is 418 Å². The molecule has 0 spiro atoms. The van der Waals surface area contributed by atoms with Gasteiger partial charge in [0.2, 0.25) is 5.91 Å². The van der Waals surface area contributed by atoms with Crippen molar-refractivity contribution in [3.63, 3.8) is 0 Å². The quantitative estimate of drug-likeness (QED) is 0.0741. The van der Waals surface area contributed by atoms with Crippen LogP contribution in [0.5, 0.6) is 0 Å². The summed E-state index contributed by atoms with van der Waals surface area (Å²) in [5.74, 6) is 3.12. The largest absolute Gasteiger partial charge is 0.453 e. The molecule has 71 heavy (non-hydrogen) atoms. The van der Waals surface area contributed by atoms with Crippen molar-refractivity contribution in [3.8, 4) is 46.5 Å². The van der Waals surface area contributed by atoms with E-state index >= 15 is 0 Å². The maximum atomic E-state index is 14.3. The van der Waals surface area contributed by atoms with Crippen LogP contribution < -0.4 is 10.6 Å². The molecule has 4 N–H and O–H groups in total. The van der Waals surface area contributed by atoms with E-state index in [1.54, 1.807) is 0 Å². The Morgan fingerprint density at radius 3 is 1.82 bits per heavy atom. The highest BCUT2D eigenvalue weighted by Gasteiger charge is 2.45. The molecule has 2 aromatic carbocycles. The van der Waals surface area contributed by atoms with Gasteiger partial charge in [-0.05, 0) is 144 Å². The molecule has 16 heteroatoms. The van der Waals surface area contributed by atoms with E-state index in [9.17, 15) is 19.2 Å². The van der Waals surface area contributed by atoms with E-state index in [4.69, 9.17) is 24.2 Å². The van der Waals surface area contributed by atoms with Crippen LogP contribution in [0.4, 0.5) is 9.59 Å². The van der Waals surface area contributed by atoms with Crippen LogP contribution >= 0.6 is 0 Å². The lowest BCUT2D eigenvalue weighted by atomic mass is 9.84. The zero-order valence-corrected chi connectivity index (χ0v) is 41.9. The predicted octanol–water partition coefficient (Wildman–Crippen LogP) is 8.64. The van der Waals surface area contributed by atoms with Crippen LogP contribution in [0.25, 0.3) is 33.6 Å². The molecule has 0 bridgehead atoms. The Balaban J connectivity index is 0.000000299. The van der Waals surface area contributed by atoms with Crippen molar-refractivity contribution >= 4 is 24.4 Å². The summed E-state index contributed by atoms with van der Waals surface area (Å²) >= 11 is 0. The Bertz CT molecular complexity index is 2430. The number of alkyl carbamates (subject to hydrolysis) is 2. The zero-order chi connectivity index (χ0) is 50.2. The molecule has 6 aliphatic rings. The maximum Gasteiger partial charge on any atom is 0.407 e. The summed E-state index contributed by atoms with van der Waals surface area (Å²) in [4.78, 5) is 69.8. The van der Waals surface area contributed by atoms with Crippen LogP contribution in [-0.2, 0) is 28.5 Å². The second-order valence-corrected chi connectivity index (χ2v) is 20.3. The van der Waals surface area contributed by atoms with Crippen LogP contribution in [0.15, 0.2) is 60.9 Å². The molecule has 6 heterocycles. The van der Waals surface area contributed by atoms with Crippen molar-refractivity contribution in [2.75, 3.05) is 34.4 Å². The lowest BCUT2D eigenvalue weighted by Crippen LogP contribution is -2.54. The topological polar surface area (TPSA) is 193 Å². The van der Waals surface area contributed by atoms with Crippen LogP contribution in [-0.4, -0.2) is 125 Å². The first-order valence-electron chi connectivity index (χ1n) is 25.6. The van der Waals surface area contributed by atoms with E-state index in [0.717, 1.165) is 96.5 Å². The zero-order valence-electron chi connectivity index (χ0n) is 41.9. The highest BCUT2D eigenvalue weighted by Crippen LogP contribution is 2.43. The summed E-state index contributed by atoms with van der Waals surface area (Å²) in [6.45, 7) is 5.64. The Morgan fingerprint density at radius 2 is 1.27 bits per heavy atom. The number of carbonyl (C=O) groups is 4. The molecular formula is C55H72N8O8. The van der Waals surface area contributed by atoms with E-state index < -0.39 is 24.3 Å². The second-order valence-electron chi connectivity index (χ2n) is 20.3. The molecule has 2 aromatic heterocycles. The normalized spacial score (nSPS) is 27.2. The molecule has 3 amide bonds. The average Bonchev–Trinajstić information content (AvgIpc) is 4.23. The number of hydrogen-bond donors (Lipinski definition) is 4. The van der Waals surface area contributed by atoms with E-state index in [-0.39, 0.29) is 42.1 Å². The summed E-state index contributed by atoms with van der Waals surface area (Å²) in [5, 5.41) is 5.50. The van der Waals surface area contributed by atoms with Gasteiger partial charge in [-0.2, -0.15) is 0 Å². The SMILES string of the molecule is C#C.COC(=O)N[C@H](C(=O)N1CCC[C@H]1c1ncc(-c2ccc(-c3ccc(-c4cnc([C@@H]5CC[C@H](C)N5C)[nH]4)cc3)cc2)[nH]1)[C@@H]1CC(C2CC2)O[C@@H](C)C1.COC(=O)N[C@H](C=O)[C@H]1CCOC(C2CC2)C1. The molecule has 380 valence electrons. The summed E-state index contributed by atoms with van der Waals surface area (Å²) < 4.78 is 21.4. The number of rotatable bonds is 13. The number of terminal acetylenes is 1. The van der Waals surface area contributed by atoms with Gasteiger partial charge in [0.15, 0.2) is 0 Å². The molecule has 0 radical (unpaired) electrons. The van der Waals surface area contributed by atoms with E-state index in [2.05, 4.69) is 113 Å². The predicted molar refractivity (Wildman–Crippen MR) is 270 cm³/mol. The first-order chi connectivity index (χ1) is 34.5. The molecular weight excluding hydrogens is 901 g/mol. The van der Waals surface area contributed by atoms with Crippen LogP contribution in [0, 0.1) is 36.5 Å². The van der Waals surface area contributed by atoms with Crippen molar-refractivity contribution in [3.05, 3.63) is 72.6 Å². The van der Waals surface area contributed by atoms with Gasteiger partial charge in [0.25, 0.3) is 0 Å². The number of nitrogens with one attached hydrogen (secondary N) is 4. The van der Waals surface area contributed by atoms with Crippen molar-refractivity contribution in [2.45, 2.75) is 139 Å². The van der Waals surface area contributed by atoms with E-state index in [1.807, 2.05) is 17.3 Å². The highest BCUT2D eigenvalue weighted by atomic mass is 16.5. The van der Waals surface area contributed by atoms with Gasteiger partial charge in [-0.1, -0.05) is 48.5 Å². The van der Waals surface area contributed by atoms with Crippen LogP contribution in [0.3, 0.4) is 0 Å². The molecule has 4 aliphatic heterocycles. The van der Waals surface area contributed by atoms with Gasteiger partial charge in [-0.15, -0.1) is 12.8 Å². The number of aromatic nitrogens is 4. The fraction of sp³-hybridized carbons (Fsp3) is 0.564. The molecule has 2 aliphatic carbocycles. The van der Waals surface area contributed by atoms with E-state index in [1.165, 1.54) is 46.3 Å². The number of benzene rings is 2. The lowest BCUT2D eigenvalue weighted by Gasteiger charge is -2.39. The van der Waals surface area contributed by atoms with Gasteiger partial charge in [-0.3, -0.25) is 9.69 Å². The number of imidazole rings is 2. The van der Waals surface area contributed by atoms with Gasteiger partial charge < -0.3 is 49.2 Å². The third-order valence-corrected chi connectivity index (χ3v) is 15.7. The minimum atomic E-state index is -0.670. The number of hydrogen-bond acceptors (Lipinski definition) is 11. The molecule has 2 unspecified atom stereocenters. The summed E-state index contributed by atoms with van der Waals surface area (Å²) in [6.07, 6.45) is 23.9. The molecule has 4 saturated heterocycles. The lowest BCUT2D eigenvalue weighted by molar-refractivity contribution is -0.139. The fourth-order valence-electron chi connectivity index (χ4n) is 11.2. The summed E-state index contributed by atoms with van der Waals surface area (Å²) in [7, 11) is 4.83. The monoisotopic (exact) mass is 973 g/mol. The summed E-state index contributed by atoms with van der Waals surface area (Å²) in [5.41, 5.74) is 6.36. The van der Waals surface area contributed by atoms with Gasteiger partial charge >= 0.3 is 12.2 Å². The Hall–Kier alpha value is -6.02. The van der Waals surface area contributed by atoms with Crippen molar-refractivity contribution in [1.29, 1.82) is 0 Å². The summed E-state index contributed by atoms with van der Waals surface area (Å²) in [6, 6.07) is 16.7. The highest BCUT2D eigenvalue weighted by molar-refractivity contribution is 5.86. The fourth-order valence-corrected chi connectivity index (χ4v) is 11.2. The number of likely N-dealkylation sites (tertiary alicyclic amines) is 2. The molecule has 6 fully saturated rings. The number of carbonyl (C=O) groups excluding carboxylic acids is 4. The number of amides is 3. The molecule has 4 aromatic rings. The van der Waals surface area contributed by atoms with Gasteiger partial charge in [0, 0.05) is 19.2 Å². The number of nitrogens with zero attached hydrogens (tertiary/aromatic N) is 4. The smallest absolute Gasteiger partial charge is 0.407 e. The Kier molecular flexibility index (Phi) is 17.0. The van der Waals surface area contributed by atoms with Crippen LogP contribution in [0.1, 0.15) is 115 Å². The van der Waals surface area contributed by atoms with E-state index in [0.29, 0.717) is 37.1 Å². The maximum absolute atomic E-state index is 14.3. The number of H-pyrrole nitrogens is 2. The molecule has 10 atom stereocenters. The Morgan fingerprint density at radius 1 is 0.718 bits per heavy atom. The average molecular weight is 973 g/mol. The number of aromatic amines is 2. The van der Waals surface area contributed by atoms with Gasteiger partial charge in [0.05, 0.1) is 74.4 Å². The first-order valence-corrected chi connectivity index (χ1v) is 25.6. The molecule has 16 nitrogen and oxygen atoms in total. The van der Waals surface area contributed by atoms with Crippen molar-refractivity contribution in [2.24, 2.45) is 23.7 Å². The van der Waals surface area contributed by atoms with Gasteiger partial charge in [-0.25, -0.2) is 19.6 Å². The van der Waals surface area contributed by atoms with Gasteiger partial charge in [0.1, 0.15) is 24.0 Å².